The molecule has 0 heterocycles. The fraction of sp³-hybridized carbons (Fsp3) is 0.235. The number of nitrogens with one attached hydrogen (secondary N) is 1. The number of halogens is 1. The maximum absolute atomic E-state index is 12.8. The Hall–Kier alpha value is -2.41. The second-order valence-corrected chi connectivity index (χ2v) is 6.74. The largest absolute Gasteiger partial charge is 0.494 e. The second kappa shape index (κ2) is 8.44. The average Bonchev–Trinajstić information content (AvgIpc) is 2.56. The molecule has 0 radical (unpaired) electrons. The standard InChI is InChI=1S/C17H19FN2O3S/c1-2-3-11-23-16-6-4-5-14(12-16)13-19-20-24(21,22)17-9-7-15(18)8-10-17/h4-10,12-13,20H,2-3,11H2,1H3/b19-13+. The first-order chi connectivity index (χ1) is 11.5. The molecule has 128 valence electrons. The van der Waals surface area contributed by atoms with Crippen molar-refractivity contribution in [3.63, 3.8) is 0 Å². The molecule has 0 fully saturated rings. The zero-order valence-corrected chi connectivity index (χ0v) is 14.1. The molecule has 0 amide bonds. The number of ether oxygens (including phenoxy) is 1. The van der Waals surface area contributed by atoms with Crippen molar-refractivity contribution in [1.29, 1.82) is 0 Å². The van der Waals surface area contributed by atoms with Gasteiger partial charge >= 0.3 is 0 Å². The lowest BCUT2D eigenvalue weighted by molar-refractivity contribution is 0.309. The minimum absolute atomic E-state index is 0.0577. The van der Waals surface area contributed by atoms with Crippen LogP contribution in [0.2, 0.25) is 0 Å². The van der Waals surface area contributed by atoms with Crippen LogP contribution in [0.5, 0.6) is 5.75 Å². The van der Waals surface area contributed by atoms with Gasteiger partial charge in [-0.2, -0.15) is 13.5 Å². The summed E-state index contributed by atoms with van der Waals surface area (Å²) in [5.41, 5.74) is 0.700. The number of hydrogen-bond acceptors (Lipinski definition) is 4. The zero-order valence-electron chi connectivity index (χ0n) is 13.3. The number of rotatable bonds is 8. The molecule has 0 aliphatic rings. The molecule has 0 bridgehead atoms. The first-order valence-electron chi connectivity index (χ1n) is 7.54. The molecular formula is C17H19FN2O3S. The van der Waals surface area contributed by atoms with E-state index in [1.807, 2.05) is 6.07 Å². The second-order valence-electron chi connectivity index (χ2n) is 5.08. The molecule has 0 atom stereocenters. The quantitative estimate of drug-likeness (QED) is 0.451. The van der Waals surface area contributed by atoms with Gasteiger partial charge in [0.2, 0.25) is 0 Å². The monoisotopic (exact) mass is 350 g/mol. The Kier molecular flexibility index (Phi) is 6.31. The molecule has 0 aliphatic carbocycles. The van der Waals surface area contributed by atoms with Crippen LogP contribution < -0.4 is 9.57 Å². The SMILES string of the molecule is CCCCOc1cccc(/C=N/NS(=O)(=O)c2ccc(F)cc2)c1. The maximum Gasteiger partial charge on any atom is 0.276 e. The van der Waals surface area contributed by atoms with Crippen molar-refractivity contribution in [2.24, 2.45) is 5.10 Å². The molecule has 2 aromatic rings. The smallest absolute Gasteiger partial charge is 0.276 e. The number of hydrogen-bond donors (Lipinski definition) is 1. The van der Waals surface area contributed by atoms with E-state index in [1.54, 1.807) is 18.2 Å². The number of nitrogens with zero attached hydrogens (tertiary/aromatic N) is 1. The minimum atomic E-state index is -3.82. The van der Waals surface area contributed by atoms with E-state index < -0.39 is 15.8 Å². The van der Waals surface area contributed by atoms with Crippen molar-refractivity contribution in [1.82, 2.24) is 4.83 Å². The highest BCUT2D eigenvalue weighted by Gasteiger charge is 2.12. The minimum Gasteiger partial charge on any atom is -0.494 e. The topological polar surface area (TPSA) is 67.8 Å². The highest BCUT2D eigenvalue weighted by molar-refractivity contribution is 7.89. The third-order valence-electron chi connectivity index (χ3n) is 3.14. The molecule has 0 aromatic heterocycles. The van der Waals surface area contributed by atoms with E-state index in [2.05, 4.69) is 16.9 Å². The normalized spacial score (nSPS) is 11.6. The van der Waals surface area contributed by atoms with E-state index in [0.29, 0.717) is 17.9 Å². The molecule has 0 spiro atoms. The summed E-state index contributed by atoms with van der Waals surface area (Å²) in [4.78, 5) is 2.04. The summed E-state index contributed by atoms with van der Waals surface area (Å²) in [6, 6.07) is 11.7. The molecule has 5 nitrogen and oxygen atoms in total. The lowest BCUT2D eigenvalue weighted by Crippen LogP contribution is -2.18. The molecule has 0 aliphatic heterocycles. The molecule has 0 saturated heterocycles. The van der Waals surface area contributed by atoms with E-state index in [9.17, 15) is 12.8 Å². The molecule has 24 heavy (non-hydrogen) atoms. The van der Waals surface area contributed by atoms with Crippen LogP contribution >= 0.6 is 0 Å². The van der Waals surface area contributed by atoms with Gasteiger partial charge in [0.05, 0.1) is 17.7 Å². The Balaban J connectivity index is 2.00. The number of benzene rings is 2. The third kappa shape index (κ3) is 5.34. The predicted octanol–water partition coefficient (Wildman–Crippen LogP) is 3.32. The lowest BCUT2D eigenvalue weighted by atomic mass is 10.2. The van der Waals surface area contributed by atoms with E-state index in [0.717, 1.165) is 25.0 Å². The van der Waals surface area contributed by atoms with Crippen molar-refractivity contribution >= 4 is 16.2 Å². The molecular weight excluding hydrogens is 331 g/mol. The van der Waals surface area contributed by atoms with Gasteiger partial charge in [-0.05, 0) is 48.4 Å². The number of unbranched alkanes of at least 4 members (excludes halogenated alkanes) is 1. The van der Waals surface area contributed by atoms with Gasteiger partial charge in [0, 0.05) is 0 Å². The Labute approximate surface area is 141 Å². The fourth-order valence-electron chi connectivity index (χ4n) is 1.86. The van der Waals surface area contributed by atoms with Crippen LogP contribution in [0, 0.1) is 5.82 Å². The van der Waals surface area contributed by atoms with Crippen LogP contribution in [0.25, 0.3) is 0 Å². The van der Waals surface area contributed by atoms with Crippen molar-refractivity contribution in [2.45, 2.75) is 24.7 Å². The first-order valence-corrected chi connectivity index (χ1v) is 9.03. The van der Waals surface area contributed by atoms with E-state index in [-0.39, 0.29) is 4.90 Å². The summed E-state index contributed by atoms with van der Waals surface area (Å²) >= 11 is 0. The lowest BCUT2D eigenvalue weighted by Gasteiger charge is -2.06. The summed E-state index contributed by atoms with van der Waals surface area (Å²) in [5.74, 6) is 0.200. The van der Waals surface area contributed by atoms with Gasteiger partial charge in [-0.3, -0.25) is 0 Å². The molecule has 1 N–H and O–H groups in total. The van der Waals surface area contributed by atoms with Gasteiger partial charge in [-0.1, -0.05) is 25.5 Å². The Morgan fingerprint density at radius 2 is 1.96 bits per heavy atom. The third-order valence-corrected chi connectivity index (χ3v) is 4.37. The van der Waals surface area contributed by atoms with Crippen LogP contribution in [0.3, 0.4) is 0 Å². The summed E-state index contributed by atoms with van der Waals surface area (Å²) in [5, 5.41) is 3.74. The maximum atomic E-state index is 12.8. The van der Waals surface area contributed by atoms with Gasteiger partial charge in [0.15, 0.2) is 0 Å². The van der Waals surface area contributed by atoms with Crippen molar-refractivity contribution in [3.05, 3.63) is 59.9 Å². The zero-order chi connectivity index (χ0) is 17.4. The number of sulfonamides is 1. The van der Waals surface area contributed by atoms with Crippen LogP contribution in [0.1, 0.15) is 25.3 Å². The van der Waals surface area contributed by atoms with Crippen LogP contribution in [0.15, 0.2) is 58.5 Å². The van der Waals surface area contributed by atoms with Crippen molar-refractivity contribution in [3.8, 4) is 5.75 Å². The molecule has 0 saturated carbocycles. The summed E-state index contributed by atoms with van der Waals surface area (Å²) < 4.78 is 42.4. The van der Waals surface area contributed by atoms with E-state index >= 15 is 0 Å². The molecule has 7 heteroatoms. The molecule has 2 rings (SSSR count). The van der Waals surface area contributed by atoms with Crippen molar-refractivity contribution in [2.75, 3.05) is 6.61 Å². The van der Waals surface area contributed by atoms with E-state index in [1.165, 1.54) is 18.3 Å². The highest BCUT2D eigenvalue weighted by atomic mass is 32.2. The van der Waals surface area contributed by atoms with Gasteiger partial charge in [-0.15, -0.1) is 0 Å². The summed E-state index contributed by atoms with van der Waals surface area (Å²) in [7, 11) is -3.82. The molecule has 2 aromatic carbocycles. The average molecular weight is 350 g/mol. The first kappa shape index (κ1) is 17.9. The van der Waals surface area contributed by atoms with Gasteiger partial charge < -0.3 is 4.74 Å². The highest BCUT2D eigenvalue weighted by Crippen LogP contribution is 2.13. The Bertz CT molecular complexity index is 790. The van der Waals surface area contributed by atoms with Crippen molar-refractivity contribution < 1.29 is 17.5 Å². The van der Waals surface area contributed by atoms with Crippen LogP contribution in [-0.4, -0.2) is 21.2 Å². The van der Waals surface area contributed by atoms with E-state index in [4.69, 9.17) is 4.74 Å². The molecule has 0 unspecified atom stereocenters. The van der Waals surface area contributed by atoms with Gasteiger partial charge in [0.25, 0.3) is 10.0 Å². The summed E-state index contributed by atoms with van der Waals surface area (Å²) in [6.07, 6.45) is 3.40. The Morgan fingerprint density at radius 1 is 1.21 bits per heavy atom. The predicted molar refractivity (Wildman–Crippen MR) is 91.2 cm³/mol. The number of hydrazone groups is 1. The van der Waals surface area contributed by atoms with Gasteiger partial charge in [-0.25, -0.2) is 9.22 Å². The van der Waals surface area contributed by atoms with Crippen LogP contribution in [0.4, 0.5) is 4.39 Å². The fourth-order valence-corrected chi connectivity index (χ4v) is 2.65. The summed E-state index contributed by atoms with van der Waals surface area (Å²) in [6.45, 7) is 2.72. The van der Waals surface area contributed by atoms with Crippen LogP contribution in [-0.2, 0) is 10.0 Å². The Morgan fingerprint density at radius 3 is 2.67 bits per heavy atom. The van der Waals surface area contributed by atoms with Gasteiger partial charge in [0.1, 0.15) is 11.6 Å².